The summed E-state index contributed by atoms with van der Waals surface area (Å²) in [5, 5.41) is 0. The van der Waals surface area contributed by atoms with E-state index in [4.69, 9.17) is 4.74 Å². The second kappa shape index (κ2) is 10.4. The molecule has 1 atom stereocenters. The Bertz CT molecular complexity index is 221. The third-order valence-electron chi connectivity index (χ3n) is 4.18. The van der Waals surface area contributed by atoms with Gasteiger partial charge in [0.25, 0.3) is 0 Å². The zero-order valence-corrected chi connectivity index (χ0v) is 12.8. The van der Waals surface area contributed by atoms with E-state index in [2.05, 4.69) is 6.92 Å². The average Bonchev–Trinajstić information content (AvgIpc) is 3.21. The molecule has 112 valence electrons. The van der Waals surface area contributed by atoms with Crippen molar-refractivity contribution in [1.82, 2.24) is 0 Å². The lowest BCUT2D eigenvalue weighted by molar-refractivity contribution is -0.112. The van der Waals surface area contributed by atoms with Crippen molar-refractivity contribution < 1.29 is 9.53 Å². The zero-order valence-electron chi connectivity index (χ0n) is 12.8. The standard InChI is InChI=1S/C17H32O2/c1-2-3-4-5-6-7-8-9-10-11-12-13-14-17(15-18)16-19-17/h15H,2-14,16H2,1H3/t17-/m1/s1. The molecular formula is C17H32O2. The summed E-state index contributed by atoms with van der Waals surface area (Å²) in [5.74, 6) is 0. The van der Waals surface area contributed by atoms with Crippen LogP contribution in [0.3, 0.4) is 0 Å². The molecule has 0 aromatic rings. The van der Waals surface area contributed by atoms with E-state index < -0.39 is 0 Å². The molecule has 0 saturated carbocycles. The van der Waals surface area contributed by atoms with Gasteiger partial charge in [-0.3, -0.25) is 0 Å². The third-order valence-corrected chi connectivity index (χ3v) is 4.18. The van der Waals surface area contributed by atoms with Crippen LogP contribution in [0.15, 0.2) is 0 Å². The Balaban J connectivity index is 1.71. The molecule has 2 heteroatoms. The molecule has 0 aliphatic carbocycles. The van der Waals surface area contributed by atoms with Crippen molar-refractivity contribution in [2.45, 2.75) is 96.0 Å². The van der Waals surface area contributed by atoms with Crippen molar-refractivity contribution in [2.24, 2.45) is 0 Å². The molecule has 0 spiro atoms. The summed E-state index contributed by atoms with van der Waals surface area (Å²) in [5.41, 5.74) is -0.349. The lowest BCUT2D eigenvalue weighted by Crippen LogP contribution is -2.11. The predicted octanol–water partition coefficient (Wildman–Crippen LogP) is 5.05. The minimum Gasteiger partial charge on any atom is -0.362 e. The Labute approximate surface area is 119 Å². The lowest BCUT2D eigenvalue weighted by Gasteiger charge is -2.04. The van der Waals surface area contributed by atoms with E-state index in [1.165, 1.54) is 70.6 Å². The fourth-order valence-electron chi connectivity index (χ4n) is 2.63. The Kier molecular flexibility index (Phi) is 9.15. The maximum atomic E-state index is 10.7. The smallest absolute Gasteiger partial charge is 0.154 e. The monoisotopic (exact) mass is 268 g/mol. The van der Waals surface area contributed by atoms with Crippen LogP contribution >= 0.6 is 0 Å². The first kappa shape index (κ1) is 16.7. The normalized spacial score (nSPS) is 21.5. The summed E-state index contributed by atoms with van der Waals surface area (Å²) < 4.78 is 5.18. The van der Waals surface area contributed by atoms with Crippen LogP contribution in [0.5, 0.6) is 0 Å². The second-order valence-corrected chi connectivity index (χ2v) is 6.11. The Hall–Kier alpha value is -0.370. The fourth-order valence-corrected chi connectivity index (χ4v) is 2.63. The summed E-state index contributed by atoms with van der Waals surface area (Å²) >= 11 is 0. The van der Waals surface area contributed by atoms with Gasteiger partial charge in [-0.25, -0.2) is 0 Å². The van der Waals surface area contributed by atoms with Gasteiger partial charge in [-0.1, -0.05) is 84.0 Å². The van der Waals surface area contributed by atoms with Gasteiger partial charge in [0, 0.05) is 0 Å². The van der Waals surface area contributed by atoms with E-state index in [0.29, 0.717) is 6.61 Å². The van der Waals surface area contributed by atoms with Gasteiger partial charge < -0.3 is 9.53 Å². The molecule has 1 saturated heterocycles. The van der Waals surface area contributed by atoms with Crippen molar-refractivity contribution >= 4 is 6.29 Å². The molecule has 1 aliphatic rings. The summed E-state index contributed by atoms with van der Waals surface area (Å²) in [4.78, 5) is 10.7. The van der Waals surface area contributed by atoms with Gasteiger partial charge in [0.05, 0.1) is 6.61 Å². The predicted molar refractivity (Wildman–Crippen MR) is 80.4 cm³/mol. The molecule has 0 aromatic heterocycles. The van der Waals surface area contributed by atoms with Crippen molar-refractivity contribution in [1.29, 1.82) is 0 Å². The highest BCUT2D eigenvalue weighted by molar-refractivity contribution is 5.66. The van der Waals surface area contributed by atoms with E-state index in [1.54, 1.807) is 0 Å². The number of carbonyl (C=O) groups is 1. The van der Waals surface area contributed by atoms with Crippen LogP contribution in [-0.4, -0.2) is 18.5 Å². The van der Waals surface area contributed by atoms with Gasteiger partial charge in [0.2, 0.25) is 0 Å². The van der Waals surface area contributed by atoms with Crippen molar-refractivity contribution in [3.63, 3.8) is 0 Å². The topological polar surface area (TPSA) is 29.6 Å². The van der Waals surface area contributed by atoms with Crippen LogP contribution in [0.4, 0.5) is 0 Å². The van der Waals surface area contributed by atoms with Gasteiger partial charge in [-0.05, 0) is 6.42 Å². The summed E-state index contributed by atoms with van der Waals surface area (Å²) in [7, 11) is 0. The van der Waals surface area contributed by atoms with E-state index >= 15 is 0 Å². The summed E-state index contributed by atoms with van der Waals surface area (Å²) in [6.45, 7) is 2.93. The Morgan fingerprint density at radius 3 is 1.63 bits per heavy atom. The minimum atomic E-state index is -0.349. The van der Waals surface area contributed by atoms with Crippen LogP contribution in [0.2, 0.25) is 0 Å². The van der Waals surface area contributed by atoms with Crippen molar-refractivity contribution in [3.8, 4) is 0 Å². The molecule has 0 N–H and O–H groups in total. The summed E-state index contributed by atoms with van der Waals surface area (Å²) in [6.07, 6.45) is 18.3. The Morgan fingerprint density at radius 1 is 0.842 bits per heavy atom. The molecule has 0 radical (unpaired) electrons. The molecular weight excluding hydrogens is 236 g/mol. The number of hydrogen-bond acceptors (Lipinski definition) is 2. The first-order valence-electron chi connectivity index (χ1n) is 8.43. The average molecular weight is 268 g/mol. The van der Waals surface area contributed by atoms with E-state index in [9.17, 15) is 4.79 Å². The molecule has 1 fully saturated rings. The number of unbranched alkanes of at least 4 members (excludes halogenated alkanes) is 11. The van der Waals surface area contributed by atoms with Crippen molar-refractivity contribution in [2.75, 3.05) is 6.61 Å². The number of rotatable bonds is 14. The molecule has 1 aliphatic heterocycles. The van der Waals surface area contributed by atoms with Crippen molar-refractivity contribution in [3.05, 3.63) is 0 Å². The van der Waals surface area contributed by atoms with Crippen LogP contribution in [0.1, 0.15) is 90.4 Å². The number of ether oxygens (including phenoxy) is 1. The quantitative estimate of drug-likeness (QED) is 0.251. The number of aldehydes is 1. The first-order valence-corrected chi connectivity index (χ1v) is 8.43. The van der Waals surface area contributed by atoms with E-state index in [0.717, 1.165) is 19.1 Å². The number of epoxide rings is 1. The van der Waals surface area contributed by atoms with Crippen LogP contribution < -0.4 is 0 Å². The molecule has 0 amide bonds. The minimum absolute atomic E-state index is 0.349. The van der Waals surface area contributed by atoms with Crippen LogP contribution in [0.25, 0.3) is 0 Å². The van der Waals surface area contributed by atoms with Gasteiger partial charge in [-0.15, -0.1) is 0 Å². The van der Waals surface area contributed by atoms with Gasteiger partial charge in [0.1, 0.15) is 5.60 Å². The molecule has 19 heavy (non-hydrogen) atoms. The molecule has 0 aromatic carbocycles. The molecule has 1 heterocycles. The van der Waals surface area contributed by atoms with E-state index in [-0.39, 0.29) is 5.60 Å². The number of hydrogen-bond donors (Lipinski definition) is 0. The van der Waals surface area contributed by atoms with E-state index in [1.807, 2.05) is 0 Å². The van der Waals surface area contributed by atoms with Crippen LogP contribution in [-0.2, 0) is 9.53 Å². The Morgan fingerprint density at radius 2 is 1.26 bits per heavy atom. The molecule has 0 bridgehead atoms. The van der Waals surface area contributed by atoms with Gasteiger partial charge in [-0.2, -0.15) is 0 Å². The molecule has 1 rings (SSSR count). The first-order chi connectivity index (χ1) is 9.33. The lowest BCUT2D eigenvalue weighted by atomic mass is 10.0. The molecule has 0 unspecified atom stereocenters. The highest BCUT2D eigenvalue weighted by atomic mass is 16.6. The zero-order chi connectivity index (χ0) is 13.8. The maximum Gasteiger partial charge on any atom is 0.154 e. The largest absolute Gasteiger partial charge is 0.362 e. The highest BCUT2D eigenvalue weighted by Gasteiger charge is 2.43. The SMILES string of the molecule is CCCCCCCCCCCCCC[C@@]1(C=O)CO1. The number of carbonyl (C=O) groups excluding carboxylic acids is 1. The fraction of sp³-hybridized carbons (Fsp3) is 0.941. The summed E-state index contributed by atoms with van der Waals surface area (Å²) in [6, 6.07) is 0. The molecule has 2 nitrogen and oxygen atoms in total. The van der Waals surface area contributed by atoms with Crippen LogP contribution in [0, 0.1) is 0 Å². The van der Waals surface area contributed by atoms with Gasteiger partial charge >= 0.3 is 0 Å². The van der Waals surface area contributed by atoms with Gasteiger partial charge in [0.15, 0.2) is 6.29 Å². The highest BCUT2D eigenvalue weighted by Crippen LogP contribution is 2.30. The third kappa shape index (κ3) is 8.41. The maximum absolute atomic E-state index is 10.7. The second-order valence-electron chi connectivity index (χ2n) is 6.11.